The van der Waals surface area contributed by atoms with Crippen molar-refractivity contribution in [3.8, 4) is 0 Å². The molecule has 3 aromatic rings. The second-order valence-electron chi connectivity index (χ2n) is 5.48. The van der Waals surface area contributed by atoms with Crippen LogP contribution in [-0.4, -0.2) is 14.5 Å². The zero-order chi connectivity index (χ0) is 13.7. The number of fused-ring (bicyclic) bond motifs is 2. The monoisotopic (exact) mass is 264 g/mol. The number of rotatable bonds is 2. The minimum Gasteiger partial charge on any atom is -0.369 e. The Kier molecular flexibility index (Phi) is 2.33. The van der Waals surface area contributed by atoms with E-state index in [9.17, 15) is 0 Å². The van der Waals surface area contributed by atoms with Gasteiger partial charge < -0.3 is 5.73 Å². The SMILES string of the molecule is Cc1ccc2nc(N)n(CC3Cc4ccccc43)c2n1. The van der Waals surface area contributed by atoms with Crippen LogP contribution in [0.5, 0.6) is 0 Å². The molecule has 0 bridgehead atoms. The fourth-order valence-corrected chi connectivity index (χ4v) is 3.04. The van der Waals surface area contributed by atoms with Crippen LogP contribution in [0.25, 0.3) is 11.2 Å². The van der Waals surface area contributed by atoms with E-state index < -0.39 is 0 Å². The number of hydrogen-bond donors (Lipinski definition) is 1. The molecule has 100 valence electrons. The Morgan fingerprint density at radius 3 is 2.90 bits per heavy atom. The number of imidazole rings is 1. The predicted molar refractivity (Wildman–Crippen MR) is 79.6 cm³/mol. The third-order valence-electron chi connectivity index (χ3n) is 4.13. The van der Waals surface area contributed by atoms with Crippen molar-refractivity contribution in [1.82, 2.24) is 14.5 Å². The number of aromatic nitrogens is 3. The van der Waals surface area contributed by atoms with Crippen LogP contribution in [0.1, 0.15) is 22.7 Å². The summed E-state index contributed by atoms with van der Waals surface area (Å²) >= 11 is 0. The molecule has 0 fully saturated rings. The smallest absolute Gasteiger partial charge is 0.202 e. The van der Waals surface area contributed by atoms with E-state index in [1.807, 2.05) is 23.6 Å². The minimum absolute atomic E-state index is 0.521. The summed E-state index contributed by atoms with van der Waals surface area (Å²) in [5.41, 5.74) is 11.7. The maximum absolute atomic E-state index is 6.06. The first-order valence-electron chi connectivity index (χ1n) is 6.89. The maximum atomic E-state index is 6.06. The largest absolute Gasteiger partial charge is 0.369 e. The van der Waals surface area contributed by atoms with Gasteiger partial charge >= 0.3 is 0 Å². The molecule has 4 rings (SSSR count). The van der Waals surface area contributed by atoms with Crippen molar-refractivity contribution < 1.29 is 0 Å². The fourth-order valence-electron chi connectivity index (χ4n) is 3.04. The molecular weight excluding hydrogens is 248 g/mol. The lowest BCUT2D eigenvalue weighted by molar-refractivity contribution is 0.519. The lowest BCUT2D eigenvalue weighted by atomic mass is 9.77. The van der Waals surface area contributed by atoms with Crippen LogP contribution in [-0.2, 0) is 13.0 Å². The van der Waals surface area contributed by atoms with Gasteiger partial charge in [-0.3, -0.25) is 4.57 Å². The summed E-state index contributed by atoms with van der Waals surface area (Å²) in [5.74, 6) is 1.08. The molecule has 0 spiro atoms. The average molecular weight is 264 g/mol. The highest BCUT2D eigenvalue weighted by molar-refractivity contribution is 5.74. The summed E-state index contributed by atoms with van der Waals surface area (Å²) in [6.07, 6.45) is 1.11. The van der Waals surface area contributed by atoms with Gasteiger partial charge in [0, 0.05) is 18.2 Å². The zero-order valence-corrected chi connectivity index (χ0v) is 11.4. The first-order chi connectivity index (χ1) is 9.72. The van der Waals surface area contributed by atoms with E-state index in [2.05, 4.69) is 34.2 Å². The van der Waals surface area contributed by atoms with E-state index in [1.54, 1.807) is 0 Å². The molecule has 1 unspecified atom stereocenters. The van der Waals surface area contributed by atoms with Gasteiger partial charge in [-0.15, -0.1) is 0 Å². The molecule has 2 heterocycles. The lowest BCUT2D eigenvalue weighted by Gasteiger charge is -2.30. The van der Waals surface area contributed by atoms with Crippen LogP contribution in [0.15, 0.2) is 36.4 Å². The fraction of sp³-hybridized carbons (Fsp3) is 0.250. The first kappa shape index (κ1) is 11.5. The number of aryl methyl sites for hydroxylation is 1. The number of pyridine rings is 1. The average Bonchev–Trinajstić information content (AvgIpc) is 2.72. The molecule has 4 heteroatoms. The van der Waals surface area contributed by atoms with E-state index in [0.29, 0.717) is 11.9 Å². The standard InChI is InChI=1S/C16H16N4/c1-10-6-7-14-15(18-10)20(16(17)19-14)9-12-8-11-4-2-3-5-13(11)12/h2-7,12H,8-9H2,1H3,(H2,17,19). The number of nitrogens with zero attached hydrogens (tertiary/aromatic N) is 3. The molecule has 1 aliphatic carbocycles. The summed E-state index contributed by atoms with van der Waals surface area (Å²) in [5, 5.41) is 0. The highest BCUT2D eigenvalue weighted by Crippen LogP contribution is 2.37. The molecule has 2 aromatic heterocycles. The molecule has 4 nitrogen and oxygen atoms in total. The summed E-state index contributed by atoms with van der Waals surface area (Å²) in [6.45, 7) is 2.85. The molecule has 20 heavy (non-hydrogen) atoms. The Morgan fingerprint density at radius 2 is 2.05 bits per heavy atom. The van der Waals surface area contributed by atoms with Gasteiger partial charge in [0.1, 0.15) is 5.52 Å². The van der Waals surface area contributed by atoms with Crippen LogP contribution in [0.3, 0.4) is 0 Å². The normalized spacial score (nSPS) is 16.9. The maximum Gasteiger partial charge on any atom is 0.202 e. The summed E-state index contributed by atoms with van der Waals surface area (Å²) in [7, 11) is 0. The Balaban J connectivity index is 1.73. The number of nitrogens with two attached hydrogens (primary N) is 1. The van der Waals surface area contributed by atoms with Gasteiger partial charge in [-0.2, -0.15) is 0 Å². The predicted octanol–water partition coefficient (Wildman–Crippen LogP) is 2.66. The molecule has 0 amide bonds. The van der Waals surface area contributed by atoms with E-state index in [4.69, 9.17) is 5.73 Å². The van der Waals surface area contributed by atoms with Gasteiger partial charge in [0.15, 0.2) is 5.65 Å². The van der Waals surface area contributed by atoms with Gasteiger partial charge in [-0.25, -0.2) is 9.97 Å². The topological polar surface area (TPSA) is 56.7 Å². The van der Waals surface area contributed by atoms with Crippen molar-refractivity contribution in [2.24, 2.45) is 0 Å². The van der Waals surface area contributed by atoms with Crippen molar-refractivity contribution in [1.29, 1.82) is 0 Å². The van der Waals surface area contributed by atoms with Crippen LogP contribution in [0.2, 0.25) is 0 Å². The molecule has 2 N–H and O–H groups in total. The third-order valence-corrected chi connectivity index (χ3v) is 4.13. The van der Waals surface area contributed by atoms with Crippen LogP contribution in [0, 0.1) is 6.92 Å². The van der Waals surface area contributed by atoms with Crippen molar-refractivity contribution in [3.63, 3.8) is 0 Å². The number of anilines is 1. The van der Waals surface area contributed by atoms with Gasteiger partial charge in [-0.1, -0.05) is 24.3 Å². The first-order valence-corrected chi connectivity index (χ1v) is 6.89. The molecule has 0 saturated carbocycles. The van der Waals surface area contributed by atoms with E-state index >= 15 is 0 Å². The van der Waals surface area contributed by atoms with Gasteiger partial charge in [0.05, 0.1) is 0 Å². The van der Waals surface area contributed by atoms with Gasteiger partial charge in [0.25, 0.3) is 0 Å². The third kappa shape index (κ3) is 1.61. The molecule has 1 atom stereocenters. The van der Waals surface area contributed by atoms with E-state index in [-0.39, 0.29) is 0 Å². The summed E-state index contributed by atoms with van der Waals surface area (Å²) in [6, 6.07) is 12.6. The molecular formula is C16H16N4. The number of hydrogen-bond acceptors (Lipinski definition) is 3. The van der Waals surface area contributed by atoms with Gasteiger partial charge in [-0.05, 0) is 36.6 Å². The zero-order valence-electron chi connectivity index (χ0n) is 11.4. The number of nitrogen functional groups attached to an aromatic ring is 1. The quantitative estimate of drug-likeness (QED) is 0.774. The van der Waals surface area contributed by atoms with Crippen molar-refractivity contribution in [2.45, 2.75) is 25.8 Å². The Morgan fingerprint density at radius 1 is 1.20 bits per heavy atom. The molecule has 0 aliphatic heterocycles. The summed E-state index contributed by atoms with van der Waals surface area (Å²) in [4.78, 5) is 8.98. The molecule has 0 radical (unpaired) electrons. The molecule has 0 saturated heterocycles. The Labute approximate surface area is 117 Å². The van der Waals surface area contributed by atoms with Crippen molar-refractivity contribution in [3.05, 3.63) is 53.2 Å². The van der Waals surface area contributed by atoms with E-state index in [0.717, 1.165) is 29.8 Å². The lowest BCUT2D eigenvalue weighted by Crippen LogP contribution is -2.22. The summed E-state index contributed by atoms with van der Waals surface area (Å²) < 4.78 is 2.04. The highest BCUT2D eigenvalue weighted by atomic mass is 15.2. The van der Waals surface area contributed by atoms with Crippen molar-refractivity contribution >= 4 is 17.1 Å². The van der Waals surface area contributed by atoms with Gasteiger partial charge in [0.2, 0.25) is 5.95 Å². The second-order valence-corrected chi connectivity index (χ2v) is 5.48. The Bertz CT molecular complexity index is 803. The van der Waals surface area contributed by atoms with Crippen LogP contribution < -0.4 is 5.73 Å². The van der Waals surface area contributed by atoms with Crippen molar-refractivity contribution in [2.75, 3.05) is 5.73 Å². The van der Waals surface area contributed by atoms with Crippen LogP contribution in [0.4, 0.5) is 5.95 Å². The molecule has 1 aliphatic rings. The minimum atomic E-state index is 0.521. The highest BCUT2D eigenvalue weighted by Gasteiger charge is 2.27. The molecule has 1 aromatic carbocycles. The van der Waals surface area contributed by atoms with Crippen LogP contribution >= 0.6 is 0 Å². The second kappa shape index (κ2) is 4.07. The van der Waals surface area contributed by atoms with E-state index in [1.165, 1.54) is 11.1 Å². The number of benzene rings is 1. The Hall–Kier alpha value is -2.36.